The molecule has 0 aromatic rings. The first kappa shape index (κ1) is 23.6. The number of rotatable bonds is 2. The van der Waals surface area contributed by atoms with Crippen molar-refractivity contribution in [1.29, 1.82) is 0 Å². The van der Waals surface area contributed by atoms with Crippen molar-refractivity contribution in [3.63, 3.8) is 0 Å². The average Bonchev–Trinajstić information content (AvgIpc) is 1.62. The molecule has 0 aromatic heterocycles. The molecular weight excluding hydrogens is 272 g/mol. The van der Waals surface area contributed by atoms with Gasteiger partial charge in [-0.25, -0.2) is 0 Å². The molecule has 0 radical (unpaired) electrons. The molecule has 0 amide bonds. The summed E-state index contributed by atoms with van der Waals surface area (Å²) in [6.45, 7) is 0.231. The van der Waals surface area contributed by atoms with Gasteiger partial charge in [-0.2, -0.15) is 0 Å². The van der Waals surface area contributed by atoms with E-state index in [2.05, 4.69) is 0 Å². The number of nitrogens with two attached hydrogens (primary N) is 1. The van der Waals surface area contributed by atoms with Gasteiger partial charge in [-0.1, -0.05) is 0 Å². The van der Waals surface area contributed by atoms with E-state index in [0.29, 0.717) is 0 Å². The van der Waals surface area contributed by atoms with Crippen molar-refractivity contribution in [2.45, 2.75) is 6.42 Å². The second-order valence-electron chi connectivity index (χ2n) is 1.16. The van der Waals surface area contributed by atoms with E-state index in [1.54, 1.807) is 0 Å². The van der Waals surface area contributed by atoms with E-state index < -0.39 is 20.5 Å². The Kier molecular flexibility index (Phi) is 36.7. The summed E-state index contributed by atoms with van der Waals surface area (Å²) >= 11 is -3.29. The molecule has 5 N–H and O–H groups in total. The maximum absolute atomic E-state index is 9.52. The number of carboxylic acids is 1. The summed E-state index contributed by atoms with van der Waals surface area (Å²) in [5, 5.41) is 7.83. The number of hydrogen-bond donors (Lipinski definition) is 4. The number of aliphatic carboxylic acids is 1. The van der Waals surface area contributed by atoms with Crippen molar-refractivity contribution in [2.75, 3.05) is 6.54 Å². The fourth-order valence-electron chi connectivity index (χ4n) is 0.123. The Morgan fingerprint density at radius 2 is 1.67 bits per heavy atom. The van der Waals surface area contributed by atoms with Crippen molar-refractivity contribution in [3.8, 4) is 0 Å². The molecule has 62 valence electrons. The van der Waals surface area contributed by atoms with Crippen LogP contribution < -0.4 is 35.3 Å². The predicted molar refractivity (Wildman–Crippen MR) is 37.9 cm³/mol. The maximum atomic E-state index is 9.52. The fourth-order valence-corrected chi connectivity index (χ4v) is 0.123. The van der Waals surface area contributed by atoms with Crippen molar-refractivity contribution < 1.29 is 51.7 Å². The quantitative estimate of drug-likeness (QED) is 0.375. The SMILES string of the molecule is NCCC(=O)O.O=[Se](O)O.[Ca+2].[Na+]. The van der Waals surface area contributed by atoms with Crippen molar-refractivity contribution in [3.05, 3.63) is 0 Å². The minimum atomic E-state index is -3.29. The van der Waals surface area contributed by atoms with Crippen LogP contribution in [-0.2, 0) is 8.63 Å². The van der Waals surface area contributed by atoms with Gasteiger partial charge in [-0.15, -0.1) is 0 Å². The average molecular weight is 281 g/mol. The summed E-state index contributed by atoms with van der Waals surface area (Å²) in [6, 6.07) is 0. The minimum absolute atomic E-state index is 0. The molecule has 0 bridgehead atoms. The summed E-state index contributed by atoms with van der Waals surface area (Å²) in [7, 11) is 0. The Morgan fingerprint density at radius 3 is 1.67 bits per heavy atom. The molecule has 12 heavy (non-hydrogen) atoms. The Morgan fingerprint density at radius 1 is 1.42 bits per heavy atom. The number of carbonyl (C=O) groups is 1. The molecule has 0 unspecified atom stereocenters. The Labute approximate surface area is 127 Å². The first-order valence-corrected chi connectivity index (χ1v) is 4.45. The normalized spacial score (nSPS) is 7.00. The second-order valence-corrected chi connectivity index (χ2v) is 2.13. The van der Waals surface area contributed by atoms with Gasteiger partial charge in [0.25, 0.3) is 0 Å². The van der Waals surface area contributed by atoms with E-state index in [1.165, 1.54) is 0 Å². The first-order chi connectivity index (χ1) is 4.50. The van der Waals surface area contributed by atoms with Gasteiger partial charge < -0.3 is 10.8 Å². The largest absolute Gasteiger partial charge is 2.00 e. The Hall–Kier alpha value is 1.93. The van der Waals surface area contributed by atoms with Crippen LogP contribution in [0.3, 0.4) is 0 Å². The van der Waals surface area contributed by atoms with E-state index in [4.69, 9.17) is 23.1 Å². The molecule has 0 aliphatic carbocycles. The third-order valence-corrected chi connectivity index (χ3v) is 0.358. The number of hydrogen-bond acceptors (Lipinski definition) is 3. The van der Waals surface area contributed by atoms with Gasteiger partial charge in [0.1, 0.15) is 0 Å². The monoisotopic (exact) mass is 282 g/mol. The molecule has 0 aromatic carbocycles. The first-order valence-electron chi connectivity index (χ1n) is 2.22. The molecule has 0 atom stereocenters. The third-order valence-electron chi connectivity index (χ3n) is 0.358. The van der Waals surface area contributed by atoms with Crippen molar-refractivity contribution in [1.82, 2.24) is 0 Å². The smallest absolute Gasteiger partial charge is 1.00 e. The van der Waals surface area contributed by atoms with E-state index in [9.17, 15) is 4.79 Å². The van der Waals surface area contributed by atoms with Crippen LogP contribution in [0.15, 0.2) is 0 Å². The van der Waals surface area contributed by atoms with Gasteiger partial charge in [-0.3, -0.25) is 4.79 Å². The molecular formula is C3H9CaNNaO5Se+3. The van der Waals surface area contributed by atoms with Gasteiger partial charge >= 0.3 is 100.0 Å². The van der Waals surface area contributed by atoms with Crippen LogP contribution in [0.1, 0.15) is 6.42 Å². The van der Waals surface area contributed by atoms with Gasteiger partial charge in [-0.05, 0) is 0 Å². The van der Waals surface area contributed by atoms with E-state index in [1.807, 2.05) is 0 Å². The van der Waals surface area contributed by atoms with Crippen LogP contribution >= 0.6 is 0 Å². The molecule has 0 heterocycles. The molecule has 6 nitrogen and oxygen atoms in total. The van der Waals surface area contributed by atoms with Crippen LogP contribution in [0.5, 0.6) is 0 Å². The molecule has 0 saturated heterocycles. The van der Waals surface area contributed by atoms with Gasteiger partial charge in [0.05, 0.1) is 6.42 Å². The summed E-state index contributed by atoms with van der Waals surface area (Å²) < 4.78 is 23.1. The van der Waals surface area contributed by atoms with E-state index in [-0.39, 0.29) is 80.3 Å². The zero-order chi connectivity index (χ0) is 8.57. The van der Waals surface area contributed by atoms with Gasteiger partial charge in [0.2, 0.25) is 0 Å². The summed E-state index contributed by atoms with van der Waals surface area (Å²) in [5.41, 5.74) is 4.85. The molecule has 9 heteroatoms. The Balaban J connectivity index is -0.0000000483. The molecule has 0 aliphatic rings. The molecule has 0 spiro atoms. The zero-order valence-electron chi connectivity index (χ0n) is 6.77. The molecule has 0 saturated carbocycles. The molecule has 0 fully saturated rings. The number of carboxylic acid groups (broad SMARTS) is 1. The maximum Gasteiger partial charge on any atom is 2.00 e. The standard InChI is InChI=1S/C3H7NO2.Ca.Na.H2O3Se/c4-2-1-3(5)6;;;1-4(2)3/h1-2,4H2,(H,5,6);;;(H2,1,2,3)/q;+2;+1;. The van der Waals surface area contributed by atoms with Crippen LogP contribution in [0.2, 0.25) is 0 Å². The Bertz CT molecular complexity index is 121. The summed E-state index contributed by atoms with van der Waals surface area (Å²) in [5.74, 6) is -0.836. The topological polar surface area (TPSA) is 121 Å². The minimum Gasteiger partial charge on any atom is 1.00 e. The van der Waals surface area contributed by atoms with Gasteiger partial charge in [0, 0.05) is 6.54 Å². The van der Waals surface area contributed by atoms with Crippen LogP contribution in [-0.4, -0.2) is 78.2 Å². The van der Waals surface area contributed by atoms with E-state index in [0.717, 1.165) is 0 Å². The molecule has 0 rings (SSSR count). The van der Waals surface area contributed by atoms with Gasteiger partial charge in [0.15, 0.2) is 0 Å². The van der Waals surface area contributed by atoms with Crippen molar-refractivity contribution >= 4 is 58.2 Å². The van der Waals surface area contributed by atoms with Crippen LogP contribution in [0.4, 0.5) is 0 Å². The third kappa shape index (κ3) is 58.6. The zero-order valence-corrected chi connectivity index (χ0v) is 12.7. The second kappa shape index (κ2) is 18.7. The fraction of sp³-hybridized carbons (Fsp3) is 0.667. The molecule has 0 aliphatic heterocycles. The predicted octanol–water partition coefficient (Wildman–Crippen LogP) is -5.57. The van der Waals surface area contributed by atoms with Crippen molar-refractivity contribution in [2.24, 2.45) is 5.73 Å². The van der Waals surface area contributed by atoms with E-state index >= 15 is 0 Å². The van der Waals surface area contributed by atoms with Crippen LogP contribution in [0, 0.1) is 0 Å². The van der Waals surface area contributed by atoms with Crippen LogP contribution in [0.25, 0.3) is 0 Å². The summed E-state index contributed by atoms with van der Waals surface area (Å²) in [4.78, 5) is 9.52. The summed E-state index contributed by atoms with van der Waals surface area (Å²) in [6.07, 6.45) is 0.0694.